The lowest BCUT2D eigenvalue weighted by molar-refractivity contribution is 0.317. The minimum Gasteiger partial charge on any atom is -0.490 e. The number of rotatable bonds is 12. The van der Waals surface area contributed by atoms with Crippen LogP contribution in [0.1, 0.15) is 64.4 Å². The average molecular weight is 346 g/mol. The highest BCUT2D eigenvalue weighted by Crippen LogP contribution is 2.34. The number of nitrogens with one attached hydrogen (secondary N) is 1. The first kappa shape index (κ1) is 19.6. The number of hydrogen-bond donors (Lipinski definition) is 1. The van der Waals surface area contributed by atoms with Crippen LogP contribution in [-0.4, -0.2) is 13.2 Å². The van der Waals surface area contributed by atoms with Gasteiger partial charge in [0.2, 0.25) is 0 Å². The molecule has 0 radical (unpaired) electrons. The summed E-state index contributed by atoms with van der Waals surface area (Å²) in [6, 6.07) is 3.87. The summed E-state index contributed by atoms with van der Waals surface area (Å²) in [7, 11) is 0. The Hall–Kier alpha value is -0.440. The molecule has 0 amide bonds. The molecule has 1 rings (SSSR count). The molecule has 126 valence electrons. The van der Waals surface area contributed by atoms with Crippen molar-refractivity contribution < 1.29 is 4.74 Å². The van der Waals surface area contributed by atoms with Gasteiger partial charge in [-0.3, -0.25) is 0 Å². The molecule has 0 aliphatic rings. The summed E-state index contributed by atoms with van der Waals surface area (Å²) in [6.07, 6.45) is 8.83. The van der Waals surface area contributed by atoms with Gasteiger partial charge in [-0.15, -0.1) is 0 Å². The molecular weight excluding hydrogens is 317 g/mol. The molecule has 0 aromatic heterocycles. The van der Waals surface area contributed by atoms with Crippen LogP contribution >= 0.6 is 23.2 Å². The molecule has 4 heteroatoms. The number of benzene rings is 1. The van der Waals surface area contributed by atoms with Crippen molar-refractivity contribution in [2.24, 2.45) is 0 Å². The maximum Gasteiger partial charge on any atom is 0.156 e. The zero-order valence-electron chi connectivity index (χ0n) is 13.9. The van der Waals surface area contributed by atoms with E-state index in [-0.39, 0.29) is 0 Å². The van der Waals surface area contributed by atoms with Crippen molar-refractivity contribution in [3.05, 3.63) is 27.7 Å². The highest BCUT2D eigenvalue weighted by molar-refractivity contribution is 6.37. The summed E-state index contributed by atoms with van der Waals surface area (Å²) in [5.74, 6) is 0.602. The molecule has 2 nitrogen and oxygen atoms in total. The lowest BCUT2D eigenvalue weighted by atomic mass is 10.1. The van der Waals surface area contributed by atoms with Crippen molar-refractivity contribution in [2.75, 3.05) is 13.2 Å². The Morgan fingerprint density at radius 1 is 0.909 bits per heavy atom. The van der Waals surface area contributed by atoms with Gasteiger partial charge in [-0.05, 0) is 37.1 Å². The molecule has 22 heavy (non-hydrogen) atoms. The van der Waals surface area contributed by atoms with Crippen LogP contribution in [0, 0.1) is 0 Å². The van der Waals surface area contributed by atoms with Gasteiger partial charge < -0.3 is 10.1 Å². The fraction of sp³-hybridized carbons (Fsp3) is 0.667. The van der Waals surface area contributed by atoms with Gasteiger partial charge in [-0.2, -0.15) is 0 Å². The molecule has 0 unspecified atom stereocenters. The van der Waals surface area contributed by atoms with Crippen LogP contribution in [0.25, 0.3) is 0 Å². The summed E-state index contributed by atoms with van der Waals surface area (Å²) in [6.45, 7) is 6.77. The predicted octanol–water partition coefficient (Wildman–Crippen LogP) is 6.23. The second-order valence-electron chi connectivity index (χ2n) is 5.68. The summed E-state index contributed by atoms with van der Waals surface area (Å²) < 4.78 is 5.58. The summed E-state index contributed by atoms with van der Waals surface area (Å²) >= 11 is 12.5. The van der Waals surface area contributed by atoms with Gasteiger partial charge >= 0.3 is 0 Å². The van der Waals surface area contributed by atoms with Crippen molar-refractivity contribution in [3.63, 3.8) is 0 Å². The molecule has 0 heterocycles. The van der Waals surface area contributed by atoms with Crippen molar-refractivity contribution in [3.8, 4) is 5.75 Å². The average Bonchev–Trinajstić information content (AvgIpc) is 2.49. The Bertz CT molecular complexity index is 401. The smallest absolute Gasteiger partial charge is 0.156 e. The van der Waals surface area contributed by atoms with Crippen LogP contribution < -0.4 is 10.1 Å². The number of hydrogen-bond acceptors (Lipinski definition) is 2. The van der Waals surface area contributed by atoms with E-state index in [0.29, 0.717) is 22.4 Å². The Morgan fingerprint density at radius 3 is 2.18 bits per heavy atom. The van der Waals surface area contributed by atoms with Gasteiger partial charge in [0.25, 0.3) is 0 Å². The number of halogens is 2. The fourth-order valence-corrected chi connectivity index (χ4v) is 2.96. The predicted molar refractivity (Wildman–Crippen MR) is 97.3 cm³/mol. The Morgan fingerprint density at radius 2 is 1.55 bits per heavy atom. The van der Waals surface area contributed by atoms with Gasteiger partial charge in [0.15, 0.2) is 5.75 Å². The molecule has 0 bridgehead atoms. The third-order valence-corrected chi connectivity index (χ3v) is 4.11. The van der Waals surface area contributed by atoms with Crippen molar-refractivity contribution in [2.45, 2.75) is 65.3 Å². The Balaban J connectivity index is 2.28. The van der Waals surface area contributed by atoms with Crippen molar-refractivity contribution >= 4 is 23.2 Å². The van der Waals surface area contributed by atoms with E-state index in [1.807, 2.05) is 12.1 Å². The molecule has 0 saturated carbocycles. The second-order valence-corrected chi connectivity index (χ2v) is 6.50. The van der Waals surface area contributed by atoms with Gasteiger partial charge in [-0.25, -0.2) is 0 Å². The van der Waals surface area contributed by atoms with E-state index in [4.69, 9.17) is 27.9 Å². The SMILES string of the molecule is CCCCCCCCNCc1cc(Cl)c(OCCC)c(Cl)c1. The van der Waals surface area contributed by atoms with E-state index >= 15 is 0 Å². The van der Waals surface area contributed by atoms with Gasteiger partial charge in [0.05, 0.1) is 16.7 Å². The van der Waals surface area contributed by atoms with E-state index in [1.54, 1.807) is 0 Å². The summed E-state index contributed by atoms with van der Waals surface area (Å²) in [4.78, 5) is 0. The summed E-state index contributed by atoms with van der Waals surface area (Å²) in [5.41, 5.74) is 1.10. The van der Waals surface area contributed by atoms with Crippen LogP contribution in [0.3, 0.4) is 0 Å². The maximum absolute atomic E-state index is 6.24. The molecule has 1 N–H and O–H groups in total. The highest BCUT2D eigenvalue weighted by Gasteiger charge is 2.09. The normalized spacial score (nSPS) is 10.9. The molecule has 1 aromatic carbocycles. The van der Waals surface area contributed by atoms with Gasteiger partial charge in [0, 0.05) is 6.54 Å². The van der Waals surface area contributed by atoms with E-state index in [2.05, 4.69) is 19.2 Å². The lowest BCUT2D eigenvalue weighted by Crippen LogP contribution is -2.14. The van der Waals surface area contributed by atoms with E-state index in [9.17, 15) is 0 Å². The number of ether oxygens (including phenoxy) is 1. The lowest BCUT2D eigenvalue weighted by Gasteiger charge is -2.12. The van der Waals surface area contributed by atoms with Gasteiger partial charge in [-0.1, -0.05) is 69.2 Å². The van der Waals surface area contributed by atoms with E-state index < -0.39 is 0 Å². The molecule has 0 aliphatic carbocycles. The van der Waals surface area contributed by atoms with Crippen molar-refractivity contribution in [1.82, 2.24) is 5.32 Å². The number of unbranched alkanes of at least 4 members (excludes halogenated alkanes) is 5. The zero-order valence-corrected chi connectivity index (χ0v) is 15.4. The van der Waals surface area contributed by atoms with E-state index in [1.165, 1.54) is 38.5 Å². The first-order valence-corrected chi connectivity index (χ1v) is 9.26. The molecular formula is C18H29Cl2NO. The first-order valence-electron chi connectivity index (χ1n) is 8.50. The monoisotopic (exact) mass is 345 g/mol. The van der Waals surface area contributed by atoms with Crippen LogP contribution in [-0.2, 0) is 6.54 Å². The second kappa shape index (κ2) is 12.0. The highest BCUT2D eigenvalue weighted by atomic mass is 35.5. The molecule has 0 aliphatic heterocycles. The van der Waals surface area contributed by atoms with Crippen LogP contribution in [0.2, 0.25) is 10.0 Å². The third-order valence-electron chi connectivity index (χ3n) is 3.54. The molecule has 0 saturated heterocycles. The topological polar surface area (TPSA) is 21.3 Å². The minimum absolute atomic E-state index is 0.595. The summed E-state index contributed by atoms with van der Waals surface area (Å²) in [5, 5.41) is 4.64. The zero-order chi connectivity index (χ0) is 16.2. The third kappa shape index (κ3) is 7.71. The van der Waals surface area contributed by atoms with Crippen LogP contribution in [0.5, 0.6) is 5.75 Å². The van der Waals surface area contributed by atoms with Crippen LogP contribution in [0.15, 0.2) is 12.1 Å². The first-order chi connectivity index (χ1) is 10.7. The molecule has 0 fully saturated rings. The standard InChI is InChI=1S/C18H29Cl2NO/c1-3-5-6-7-8-9-10-21-14-15-12-16(19)18(17(20)13-15)22-11-4-2/h12-13,21H,3-11,14H2,1-2H3. The molecule has 1 aromatic rings. The largest absolute Gasteiger partial charge is 0.490 e. The van der Waals surface area contributed by atoms with Crippen LogP contribution in [0.4, 0.5) is 0 Å². The quantitative estimate of drug-likeness (QED) is 0.453. The Labute approximate surface area is 145 Å². The minimum atomic E-state index is 0.595. The molecule has 0 spiro atoms. The Kier molecular flexibility index (Phi) is 10.7. The maximum atomic E-state index is 6.24. The van der Waals surface area contributed by atoms with Crippen molar-refractivity contribution in [1.29, 1.82) is 0 Å². The van der Waals surface area contributed by atoms with E-state index in [0.717, 1.165) is 25.1 Å². The molecule has 0 atom stereocenters. The van der Waals surface area contributed by atoms with Gasteiger partial charge in [0.1, 0.15) is 0 Å². The fourth-order valence-electron chi connectivity index (χ4n) is 2.32.